The normalized spacial score (nSPS) is 22.1. The molecule has 0 N–H and O–H groups in total. The smallest absolute Gasteiger partial charge is 0.315 e. The lowest BCUT2D eigenvalue weighted by atomic mass is 9.67. The second kappa shape index (κ2) is 8.73. The molecular formula is C27H29NO4. The third-order valence-corrected chi connectivity index (χ3v) is 6.04. The van der Waals surface area contributed by atoms with Gasteiger partial charge in [0.15, 0.2) is 5.78 Å². The number of ketones is 1. The fraction of sp³-hybridized carbons (Fsp3) is 0.370. The predicted octanol–water partition coefficient (Wildman–Crippen LogP) is 5.86. The average molecular weight is 432 g/mol. The Bertz CT molecular complexity index is 1100. The van der Waals surface area contributed by atoms with Crippen LogP contribution in [-0.4, -0.2) is 24.1 Å². The molecule has 1 aliphatic heterocycles. The third-order valence-electron chi connectivity index (χ3n) is 6.04. The van der Waals surface area contributed by atoms with Crippen LogP contribution in [0.15, 0.2) is 70.9 Å². The van der Waals surface area contributed by atoms with Crippen molar-refractivity contribution in [1.29, 1.82) is 0 Å². The minimum atomic E-state index is -0.633. The van der Waals surface area contributed by atoms with E-state index in [-0.39, 0.29) is 23.8 Å². The molecule has 0 amide bonds. The molecule has 32 heavy (non-hydrogen) atoms. The van der Waals surface area contributed by atoms with E-state index in [2.05, 4.69) is 13.8 Å². The molecule has 0 bridgehead atoms. The van der Waals surface area contributed by atoms with Crippen LogP contribution in [0.2, 0.25) is 0 Å². The summed E-state index contributed by atoms with van der Waals surface area (Å²) in [5.41, 5.74) is 2.83. The van der Waals surface area contributed by atoms with Crippen molar-refractivity contribution in [1.82, 2.24) is 0 Å². The lowest BCUT2D eigenvalue weighted by Crippen LogP contribution is -2.39. The van der Waals surface area contributed by atoms with Crippen molar-refractivity contribution in [3.05, 3.63) is 71.4 Å². The fourth-order valence-electron chi connectivity index (χ4n) is 4.74. The van der Waals surface area contributed by atoms with E-state index in [4.69, 9.17) is 14.5 Å². The maximum absolute atomic E-state index is 13.3. The van der Waals surface area contributed by atoms with Gasteiger partial charge in [0, 0.05) is 29.3 Å². The zero-order chi connectivity index (χ0) is 22.9. The molecule has 5 nitrogen and oxygen atoms in total. The van der Waals surface area contributed by atoms with Crippen LogP contribution >= 0.6 is 0 Å². The van der Waals surface area contributed by atoms with Crippen molar-refractivity contribution in [2.75, 3.05) is 6.61 Å². The Morgan fingerprint density at radius 2 is 1.78 bits per heavy atom. The molecule has 2 aromatic carbocycles. The Hall–Kier alpha value is -3.21. The van der Waals surface area contributed by atoms with Gasteiger partial charge in [0.25, 0.3) is 0 Å². The summed E-state index contributed by atoms with van der Waals surface area (Å²) in [6.45, 7) is 8.09. The maximum Gasteiger partial charge on any atom is 0.315 e. The van der Waals surface area contributed by atoms with Crippen molar-refractivity contribution in [3.63, 3.8) is 0 Å². The van der Waals surface area contributed by atoms with Gasteiger partial charge in [-0.15, -0.1) is 0 Å². The standard InChI is InChI=1S/C27H29NO4/c1-5-31-26(30)23-17(2)28-21-15-27(3,4)16-22(29)25(21)24(23)18-10-9-13-20(14-18)32-19-11-7-6-8-12-19/h6-14,23-24H,5,15-16H2,1-4H3/t23?,24-/m1/s1. The zero-order valence-electron chi connectivity index (χ0n) is 19.1. The van der Waals surface area contributed by atoms with Gasteiger partial charge in [-0.2, -0.15) is 0 Å². The molecule has 4 rings (SSSR count). The summed E-state index contributed by atoms with van der Waals surface area (Å²) in [6, 6.07) is 17.2. The Morgan fingerprint density at radius 3 is 2.50 bits per heavy atom. The highest BCUT2D eigenvalue weighted by molar-refractivity contribution is 6.09. The molecular weight excluding hydrogens is 402 g/mol. The molecule has 0 aromatic heterocycles. The molecule has 166 valence electrons. The number of carbonyl (C=O) groups excluding carboxylic acids is 2. The lowest BCUT2D eigenvalue weighted by Gasteiger charge is -2.39. The second-order valence-corrected chi connectivity index (χ2v) is 9.25. The first-order valence-corrected chi connectivity index (χ1v) is 11.1. The maximum atomic E-state index is 13.3. The number of allylic oxidation sites excluding steroid dienone is 2. The number of rotatable bonds is 5. The topological polar surface area (TPSA) is 65.0 Å². The average Bonchev–Trinajstić information content (AvgIpc) is 2.73. The van der Waals surface area contributed by atoms with E-state index in [0.29, 0.717) is 29.9 Å². The summed E-state index contributed by atoms with van der Waals surface area (Å²) in [5, 5.41) is 0. The molecule has 0 saturated heterocycles. The van der Waals surface area contributed by atoms with E-state index in [0.717, 1.165) is 17.0 Å². The number of esters is 1. The van der Waals surface area contributed by atoms with Crippen LogP contribution in [0.3, 0.4) is 0 Å². The van der Waals surface area contributed by atoms with Crippen molar-refractivity contribution >= 4 is 17.5 Å². The summed E-state index contributed by atoms with van der Waals surface area (Å²) < 4.78 is 11.4. The van der Waals surface area contributed by atoms with Crippen molar-refractivity contribution < 1.29 is 19.1 Å². The molecule has 2 aromatic rings. The first-order valence-electron chi connectivity index (χ1n) is 11.1. The Labute approximate surface area is 189 Å². The molecule has 1 heterocycles. The van der Waals surface area contributed by atoms with Crippen molar-refractivity contribution in [2.45, 2.75) is 46.5 Å². The lowest BCUT2D eigenvalue weighted by molar-refractivity contribution is -0.146. The van der Waals surface area contributed by atoms with Gasteiger partial charge in [0.2, 0.25) is 0 Å². The number of ether oxygens (including phenoxy) is 2. The molecule has 0 radical (unpaired) electrons. The van der Waals surface area contributed by atoms with E-state index in [1.165, 1.54) is 0 Å². The molecule has 0 fully saturated rings. The van der Waals surface area contributed by atoms with Crippen LogP contribution < -0.4 is 4.74 Å². The van der Waals surface area contributed by atoms with Gasteiger partial charge in [-0.1, -0.05) is 44.2 Å². The van der Waals surface area contributed by atoms with Gasteiger partial charge in [-0.05, 0) is 55.5 Å². The number of benzene rings is 2. The molecule has 0 saturated carbocycles. The number of nitrogens with zero attached hydrogens (tertiary/aromatic N) is 1. The van der Waals surface area contributed by atoms with Crippen LogP contribution in [0.25, 0.3) is 0 Å². The summed E-state index contributed by atoms with van der Waals surface area (Å²) in [4.78, 5) is 31.1. The van der Waals surface area contributed by atoms with E-state index in [9.17, 15) is 9.59 Å². The molecule has 1 unspecified atom stereocenters. The minimum absolute atomic E-state index is 0.0566. The number of hydrogen-bond donors (Lipinski definition) is 0. The van der Waals surface area contributed by atoms with E-state index in [1.54, 1.807) is 6.92 Å². The highest BCUT2D eigenvalue weighted by Gasteiger charge is 2.46. The van der Waals surface area contributed by atoms with Gasteiger partial charge in [0.1, 0.15) is 17.4 Å². The quantitative estimate of drug-likeness (QED) is 0.556. The first-order chi connectivity index (χ1) is 15.3. The van der Waals surface area contributed by atoms with Crippen LogP contribution in [0.1, 0.15) is 52.0 Å². The molecule has 2 aliphatic rings. The van der Waals surface area contributed by atoms with Crippen molar-refractivity contribution in [2.24, 2.45) is 16.3 Å². The largest absolute Gasteiger partial charge is 0.465 e. The van der Waals surface area contributed by atoms with Crippen LogP contribution in [-0.2, 0) is 14.3 Å². The van der Waals surface area contributed by atoms with Gasteiger partial charge < -0.3 is 9.47 Å². The van der Waals surface area contributed by atoms with E-state index < -0.39 is 11.8 Å². The number of aliphatic imine (C=N–C) groups is 1. The SMILES string of the molecule is CCOC(=O)C1C(C)=NC2=C(C(=O)CC(C)(C)C2)[C@@H]1c1cccc(Oc2ccccc2)c1. The van der Waals surface area contributed by atoms with Crippen LogP contribution in [0.5, 0.6) is 11.5 Å². The number of para-hydroxylation sites is 1. The summed E-state index contributed by atoms with van der Waals surface area (Å²) in [6.07, 6.45) is 1.14. The summed E-state index contributed by atoms with van der Waals surface area (Å²) in [7, 11) is 0. The minimum Gasteiger partial charge on any atom is -0.465 e. The van der Waals surface area contributed by atoms with E-state index in [1.807, 2.05) is 61.5 Å². The van der Waals surface area contributed by atoms with Gasteiger partial charge in [-0.3, -0.25) is 14.6 Å². The zero-order valence-corrected chi connectivity index (χ0v) is 19.1. The van der Waals surface area contributed by atoms with Gasteiger partial charge in [-0.25, -0.2) is 0 Å². The molecule has 1 aliphatic carbocycles. The van der Waals surface area contributed by atoms with Crippen LogP contribution in [0, 0.1) is 11.3 Å². The number of carbonyl (C=O) groups is 2. The highest BCUT2D eigenvalue weighted by atomic mass is 16.5. The molecule has 5 heteroatoms. The predicted molar refractivity (Wildman–Crippen MR) is 124 cm³/mol. The molecule has 0 spiro atoms. The van der Waals surface area contributed by atoms with E-state index >= 15 is 0 Å². The molecule has 2 atom stereocenters. The number of Topliss-reactive ketones (excluding diaryl/α,β-unsaturated/α-hetero) is 1. The highest BCUT2D eigenvalue weighted by Crippen LogP contribution is 2.48. The summed E-state index contributed by atoms with van der Waals surface area (Å²) >= 11 is 0. The Kier molecular flexibility index (Phi) is 6.00. The Morgan fingerprint density at radius 1 is 1.06 bits per heavy atom. The van der Waals surface area contributed by atoms with Crippen LogP contribution in [0.4, 0.5) is 0 Å². The number of hydrogen-bond acceptors (Lipinski definition) is 5. The third kappa shape index (κ3) is 4.38. The first kappa shape index (κ1) is 22.0. The van der Waals surface area contributed by atoms with Crippen molar-refractivity contribution in [3.8, 4) is 11.5 Å². The fourth-order valence-corrected chi connectivity index (χ4v) is 4.74. The van der Waals surface area contributed by atoms with Gasteiger partial charge >= 0.3 is 5.97 Å². The second-order valence-electron chi connectivity index (χ2n) is 9.25. The Balaban J connectivity index is 1.80. The summed E-state index contributed by atoms with van der Waals surface area (Å²) in [5.74, 6) is 0.0133. The van der Waals surface area contributed by atoms with Gasteiger partial charge in [0.05, 0.1) is 6.61 Å². The monoisotopic (exact) mass is 431 g/mol.